The molecule has 0 amide bonds. The summed E-state index contributed by atoms with van der Waals surface area (Å²) >= 11 is 1.44. The number of anilines is 2. The van der Waals surface area contributed by atoms with Crippen molar-refractivity contribution in [3.8, 4) is 0 Å². The zero-order valence-electron chi connectivity index (χ0n) is 16.4. The average Bonchev–Trinajstić information content (AvgIpc) is 3.14. The molecule has 0 spiro atoms. The van der Waals surface area contributed by atoms with Crippen molar-refractivity contribution in [2.45, 2.75) is 6.92 Å². The van der Waals surface area contributed by atoms with Gasteiger partial charge in [-0.05, 0) is 25.8 Å². The third-order valence-corrected chi connectivity index (χ3v) is 5.49. The van der Waals surface area contributed by atoms with Crippen LogP contribution in [0.5, 0.6) is 0 Å². The van der Waals surface area contributed by atoms with E-state index >= 15 is 0 Å². The number of aryl methyl sites for hydroxylation is 1. The van der Waals surface area contributed by atoms with E-state index in [0.717, 1.165) is 47.6 Å². The molecule has 1 saturated heterocycles. The fraction of sp³-hybridized carbons (Fsp3) is 0.316. The molecule has 9 nitrogen and oxygen atoms in total. The summed E-state index contributed by atoms with van der Waals surface area (Å²) in [5.41, 5.74) is 2.45. The molecule has 0 aromatic carbocycles. The lowest BCUT2D eigenvalue weighted by Crippen LogP contribution is -2.43. The average molecular weight is 410 g/mol. The van der Waals surface area contributed by atoms with E-state index < -0.39 is 0 Å². The van der Waals surface area contributed by atoms with Crippen molar-refractivity contribution >= 4 is 46.3 Å². The maximum atomic E-state index is 7.22. The quantitative estimate of drug-likeness (QED) is 0.399. The van der Waals surface area contributed by atoms with Gasteiger partial charge in [0.15, 0.2) is 17.1 Å². The van der Waals surface area contributed by atoms with Gasteiger partial charge in [0.05, 0.1) is 34.7 Å². The molecule has 10 heteroatoms. The molecular weight excluding hydrogens is 386 g/mol. The number of hydrogen-bond acceptors (Lipinski definition) is 7. The SMILES string of the molecule is [C-]#[N+]/C=C(/NC(N=C)=Nc1ccc(N2CCNCC2)cn1)c1sc(NC)nc1C. The maximum absolute atomic E-state index is 7.22. The summed E-state index contributed by atoms with van der Waals surface area (Å²) in [6, 6.07) is 3.85. The minimum atomic E-state index is 0.265. The summed E-state index contributed by atoms with van der Waals surface area (Å²) in [5, 5.41) is 10.2. The topological polar surface area (TPSA) is 94.2 Å². The van der Waals surface area contributed by atoms with Crippen LogP contribution in [-0.2, 0) is 0 Å². The number of hydrogen-bond donors (Lipinski definition) is 3. The Morgan fingerprint density at radius 3 is 2.79 bits per heavy atom. The highest BCUT2D eigenvalue weighted by Crippen LogP contribution is 2.28. The second kappa shape index (κ2) is 9.77. The Kier molecular flexibility index (Phi) is 6.89. The zero-order valence-corrected chi connectivity index (χ0v) is 17.3. The molecule has 2 aromatic heterocycles. The van der Waals surface area contributed by atoms with Crippen molar-refractivity contribution in [2.24, 2.45) is 9.98 Å². The van der Waals surface area contributed by atoms with E-state index in [4.69, 9.17) is 6.57 Å². The normalized spacial score (nSPS) is 15.0. The summed E-state index contributed by atoms with van der Waals surface area (Å²) in [5.74, 6) is 0.777. The third kappa shape index (κ3) is 5.16. The van der Waals surface area contributed by atoms with Crippen molar-refractivity contribution in [3.63, 3.8) is 0 Å². The van der Waals surface area contributed by atoms with Crippen LogP contribution in [0.25, 0.3) is 10.5 Å². The highest BCUT2D eigenvalue weighted by atomic mass is 32.1. The Morgan fingerprint density at radius 2 is 2.21 bits per heavy atom. The Balaban J connectivity index is 1.79. The molecule has 150 valence electrons. The molecule has 1 aliphatic heterocycles. The minimum absolute atomic E-state index is 0.265. The molecule has 0 aliphatic carbocycles. The van der Waals surface area contributed by atoms with Gasteiger partial charge in [0, 0.05) is 33.2 Å². The molecule has 0 bridgehead atoms. The molecule has 0 saturated carbocycles. The standard InChI is InChI=1S/C19H23N9S/c1-13-17(29-19(22-4)25-13)15(12-20-2)26-18(21-3)27-16-6-5-14(11-24-16)28-9-7-23-8-10-28/h5-6,11-12,23H,3,7-10H2,1,4H3,(H,22,25)(H,24,26,27)/b15-12+. The Hall–Kier alpha value is -3.29. The Morgan fingerprint density at radius 1 is 1.41 bits per heavy atom. The number of piperazine rings is 1. The number of pyridine rings is 1. The number of nitrogens with one attached hydrogen (secondary N) is 3. The van der Waals surface area contributed by atoms with Crippen molar-refractivity contribution < 1.29 is 0 Å². The summed E-state index contributed by atoms with van der Waals surface area (Å²) < 4.78 is 0. The fourth-order valence-electron chi connectivity index (χ4n) is 2.85. The van der Waals surface area contributed by atoms with Crippen molar-refractivity contribution in [1.82, 2.24) is 20.6 Å². The summed E-state index contributed by atoms with van der Waals surface area (Å²) in [7, 11) is 1.81. The molecule has 2 aromatic rings. The van der Waals surface area contributed by atoms with E-state index in [9.17, 15) is 0 Å². The van der Waals surface area contributed by atoms with Gasteiger partial charge < -0.3 is 20.9 Å². The Bertz CT molecular complexity index is 947. The molecule has 3 heterocycles. The van der Waals surface area contributed by atoms with Gasteiger partial charge in [-0.25, -0.2) is 19.8 Å². The summed E-state index contributed by atoms with van der Waals surface area (Å²) in [6.07, 6.45) is 3.20. The van der Waals surface area contributed by atoms with Gasteiger partial charge in [0.25, 0.3) is 0 Å². The minimum Gasteiger partial charge on any atom is -0.368 e. The van der Waals surface area contributed by atoms with E-state index in [0.29, 0.717) is 11.5 Å². The number of nitrogens with zero attached hydrogens (tertiary/aromatic N) is 6. The smallest absolute Gasteiger partial charge is 0.227 e. The van der Waals surface area contributed by atoms with Crippen molar-refractivity contribution in [1.29, 1.82) is 0 Å². The monoisotopic (exact) mass is 409 g/mol. The Labute approximate surface area is 174 Å². The molecule has 1 aliphatic rings. The van der Waals surface area contributed by atoms with Crippen LogP contribution >= 0.6 is 11.3 Å². The molecule has 1 fully saturated rings. The lowest BCUT2D eigenvalue weighted by molar-refractivity contribution is 0.589. The first kappa shape index (κ1) is 20.4. The zero-order chi connectivity index (χ0) is 20.6. The van der Waals surface area contributed by atoms with Gasteiger partial charge in [0.1, 0.15) is 0 Å². The number of aliphatic imine (C=N–C) groups is 2. The molecule has 29 heavy (non-hydrogen) atoms. The van der Waals surface area contributed by atoms with Gasteiger partial charge in [0.2, 0.25) is 5.96 Å². The van der Waals surface area contributed by atoms with Gasteiger partial charge in [-0.2, -0.15) is 4.99 Å². The van der Waals surface area contributed by atoms with Crippen LogP contribution in [0.2, 0.25) is 0 Å². The molecular formula is C19H23N9S. The lowest BCUT2D eigenvalue weighted by atomic mass is 10.3. The van der Waals surface area contributed by atoms with Crippen LogP contribution in [0.1, 0.15) is 10.6 Å². The number of thiazole rings is 1. The number of rotatable bonds is 5. The van der Waals surface area contributed by atoms with E-state index in [1.54, 1.807) is 0 Å². The van der Waals surface area contributed by atoms with E-state index in [1.165, 1.54) is 17.5 Å². The van der Waals surface area contributed by atoms with Gasteiger partial charge in [-0.1, -0.05) is 11.3 Å². The molecule has 0 atom stereocenters. The predicted octanol–water partition coefficient (Wildman–Crippen LogP) is 2.49. The van der Waals surface area contributed by atoms with Crippen LogP contribution in [0.4, 0.5) is 16.6 Å². The first-order valence-electron chi connectivity index (χ1n) is 9.11. The molecule has 0 radical (unpaired) electrons. The molecule has 0 unspecified atom stereocenters. The first-order valence-corrected chi connectivity index (χ1v) is 9.92. The maximum Gasteiger partial charge on any atom is 0.227 e. The van der Waals surface area contributed by atoms with Crippen molar-refractivity contribution in [3.05, 3.63) is 46.5 Å². The fourth-order valence-corrected chi connectivity index (χ4v) is 3.74. The largest absolute Gasteiger partial charge is 0.368 e. The van der Waals surface area contributed by atoms with Gasteiger partial charge >= 0.3 is 0 Å². The summed E-state index contributed by atoms with van der Waals surface area (Å²) in [6.45, 7) is 16.5. The lowest BCUT2D eigenvalue weighted by Gasteiger charge is -2.29. The third-order valence-electron chi connectivity index (χ3n) is 4.28. The van der Waals surface area contributed by atoms with Gasteiger partial charge in [-0.3, -0.25) is 0 Å². The van der Waals surface area contributed by atoms with Gasteiger partial charge in [-0.15, -0.1) is 0 Å². The second-order valence-corrected chi connectivity index (χ2v) is 7.18. The van der Waals surface area contributed by atoms with E-state index in [2.05, 4.69) is 52.4 Å². The van der Waals surface area contributed by atoms with Crippen molar-refractivity contribution in [2.75, 3.05) is 43.4 Å². The first-order chi connectivity index (χ1) is 14.1. The highest BCUT2D eigenvalue weighted by molar-refractivity contribution is 7.16. The predicted molar refractivity (Wildman–Crippen MR) is 120 cm³/mol. The van der Waals surface area contributed by atoms with E-state index in [-0.39, 0.29) is 5.96 Å². The van der Waals surface area contributed by atoms with Crippen LogP contribution in [0.15, 0.2) is 34.5 Å². The second-order valence-electron chi connectivity index (χ2n) is 6.19. The number of guanidine groups is 1. The number of aromatic nitrogens is 2. The highest BCUT2D eigenvalue weighted by Gasteiger charge is 2.14. The summed E-state index contributed by atoms with van der Waals surface area (Å²) in [4.78, 5) is 23.7. The molecule has 3 N–H and O–H groups in total. The van der Waals surface area contributed by atoms with Crippen LogP contribution in [-0.4, -0.2) is 55.9 Å². The van der Waals surface area contributed by atoms with E-state index in [1.807, 2.05) is 32.3 Å². The molecule has 3 rings (SSSR count). The van der Waals surface area contributed by atoms with Crippen LogP contribution in [0.3, 0.4) is 0 Å². The van der Waals surface area contributed by atoms with Crippen LogP contribution in [0, 0.1) is 13.5 Å². The van der Waals surface area contributed by atoms with Crippen LogP contribution < -0.4 is 20.9 Å².